The van der Waals surface area contributed by atoms with E-state index in [-0.39, 0.29) is 0 Å². The summed E-state index contributed by atoms with van der Waals surface area (Å²) >= 11 is 0. The van der Waals surface area contributed by atoms with Crippen LogP contribution in [-0.2, 0) is 4.84 Å². The monoisotopic (exact) mass is 140 g/mol. The van der Waals surface area contributed by atoms with Crippen LogP contribution in [0.2, 0.25) is 0 Å². The third-order valence-corrected chi connectivity index (χ3v) is 2.16. The molecule has 0 aromatic heterocycles. The van der Waals surface area contributed by atoms with E-state index in [1.807, 2.05) is 0 Å². The minimum absolute atomic E-state index is 0.669. The van der Waals surface area contributed by atoms with Gasteiger partial charge in [-0.2, -0.15) is 0 Å². The fraction of sp³-hybridized carbons (Fsp3) is 0.857. The lowest BCUT2D eigenvalue weighted by atomic mass is 10.0. The van der Waals surface area contributed by atoms with E-state index in [2.05, 4.69) is 10.5 Å². The molecule has 1 N–H and O–H groups in total. The maximum atomic E-state index is 4.93. The van der Waals surface area contributed by atoms with Gasteiger partial charge in [-0.25, -0.2) is 0 Å². The molecule has 3 nitrogen and oxygen atoms in total. The number of nitrogens with one attached hydrogen (secondary N) is 1. The minimum atomic E-state index is 0.669. The largest absolute Gasteiger partial charge is 0.395 e. The summed E-state index contributed by atoms with van der Waals surface area (Å²) in [4.78, 5) is 4.93. The van der Waals surface area contributed by atoms with Crippen molar-refractivity contribution in [2.75, 3.05) is 19.7 Å². The zero-order chi connectivity index (χ0) is 6.81. The van der Waals surface area contributed by atoms with E-state index in [1.54, 1.807) is 0 Å². The lowest BCUT2D eigenvalue weighted by Gasteiger charge is -2.03. The molecule has 2 aliphatic heterocycles. The number of nitrogens with zero attached hydrogens (tertiary/aromatic N) is 1. The molecule has 2 aliphatic rings. The molecule has 0 aromatic rings. The smallest absolute Gasteiger partial charge is 0.122 e. The molecule has 1 unspecified atom stereocenters. The maximum absolute atomic E-state index is 4.93. The predicted molar refractivity (Wildman–Crippen MR) is 39.0 cm³/mol. The van der Waals surface area contributed by atoms with Gasteiger partial charge in [0.25, 0.3) is 0 Å². The second kappa shape index (κ2) is 2.58. The molecule has 0 aliphatic carbocycles. The van der Waals surface area contributed by atoms with Crippen molar-refractivity contribution in [2.24, 2.45) is 11.1 Å². The Bertz CT molecular complexity index is 150. The maximum Gasteiger partial charge on any atom is 0.122 e. The molecule has 10 heavy (non-hydrogen) atoms. The first-order chi connectivity index (χ1) is 4.97. The van der Waals surface area contributed by atoms with Gasteiger partial charge in [0.1, 0.15) is 6.61 Å². The molecule has 2 rings (SSSR count). The van der Waals surface area contributed by atoms with Crippen molar-refractivity contribution >= 4 is 5.71 Å². The standard InChI is InChI=1S/C7H12N2O/c1-3-8-5-6(1)7-2-4-10-9-7/h6,8H,1-5H2. The summed E-state index contributed by atoms with van der Waals surface area (Å²) in [5.41, 5.74) is 1.27. The van der Waals surface area contributed by atoms with Crippen LogP contribution >= 0.6 is 0 Å². The van der Waals surface area contributed by atoms with E-state index in [0.717, 1.165) is 26.1 Å². The molecular formula is C7H12N2O. The van der Waals surface area contributed by atoms with E-state index < -0.39 is 0 Å². The first-order valence-corrected chi connectivity index (χ1v) is 3.86. The fourth-order valence-corrected chi connectivity index (χ4v) is 1.54. The molecular weight excluding hydrogens is 128 g/mol. The summed E-state index contributed by atoms with van der Waals surface area (Å²) in [5, 5.41) is 7.31. The Morgan fingerprint density at radius 3 is 3.20 bits per heavy atom. The third-order valence-electron chi connectivity index (χ3n) is 2.16. The Hall–Kier alpha value is -0.570. The minimum Gasteiger partial charge on any atom is -0.395 e. The van der Waals surface area contributed by atoms with Gasteiger partial charge < -0.3 is 10.2 Å². The van der Waals surface area contributed by atoms with Gasteiger partial charge in [0.05, 0.1) is 5.71 Å². The molecule has 0 bridgehead atoms. The average Bonchev–Trinajstić information content (AvgIpc) is 2.59. The van der Waals surface area contributed by atoms with Crippen molar-refractivity contribution in [3.8, 4) is 0 Å². The van der Waals surface area contributed by atoms with Crippen LogP contribution in [0.25, 0.3) is 0 Å². The first-order valence-electron chi connectivity index (χ1n) is 3.86. The Kier molecular flexibility index (Phi) is 1.59. The van der Waals surface area contributed by atoms with Gasteiger partial charge in [-0.3, -0.25) is 0 Å². The summed E-state index contributed by atoms with van der Waals surface area (Å²) in [6, 6.07) is 0. The predicted octanol–water partition coefficient (Wildman–Crippen LogP) is 0.372. The molecule has 0 saturated carbocycles. The normalized spacial score (nSPS) is 32.0. The second-order valence-corrected chi connectivity index (χ2v) is 2.86. The van der Waals surface area contributed by atoms with Gasteiger partial charge in [-0.05, 0) is 13.0 Å². The number of hydrogen-bond donors (Lipinski definition) is 1. The van der Waals surface area contributed by atoms with Crippen molar-refractivity contribution in [2.45, 2.75) is 12.8 Å². The molecule has 2 heterocycles. The van der Waals surface area contributed by atoms with Crippen molar-refractivity contribution in [3.63, 3.8) is 0 Å². The third kappa shape index (κ3) is 1.01. The van der Waals surface area contributed by atoms with E-state index in [0.29, 0.717) is 5.92 Å². The molecule has 56 valence electrons. The molecule has 0 radical (unpaired) electrons. The van der Waals surface area contributed by atoms with E-state index >= 15 is 0 Å². The summed E-state index contributed by atoms with van der Waals surface area (Å²) in [7, 11) is 0. The number of rotatable bonds is 1. The van der Waals surface area contributed by atoms with Crippen LogP contribution in [0.4, 0.5) is 0 Å². The number of hydrogen-bond acceptors (Lipinski definition) is 3. The Labute approximate surface area is 60.4 Å². The van der Waals surface area contributed by atoms with Gasteiger partial charge in [-0.1, -0.05) is 5.16 Å². The molecule has 1 atom stereocenters. The lowest BCUT2D eigenvalue weighted by Crippen LogP contribution is -2.16. The Morgan fingerprint density at radius 1 is 1.60 bits per heavy atom. The number of oxime groups is 1. The van der Waals surface area contributed by atoms with Gasteiger partial charge in [0.2, 0.25) is 0 Å². The Balaban J connectivity index is 1.97. The SMILES string of the molecule is C1CC(C2=NOCC2)CN1. The summed E-state index contributed by atoms with van der Waals surface area (Å²) in [5.74, 6) is 0.669. The summed E-state index contributed by atoms with van der Waals surface area (Å²) < 4.78 is 0. The lowest BCUT2D eigenvalue weighted by molar-refractivity contribution is 0.173. The summed E-state index contributed by atoms with van der Waals surface area (Å²) in [6.07, 6.45) is 2.29. The summed E-state index contributed by atoms with van der Waals surface area (Å²) in [6.45, 7) is 3.04. The highest BCUT2D eigenvalue weighted by Gasteiger charge is 2.23. The molecule has 0 amide bonds. The van der Waals surface area contributed by atoms with E-state index in [1.165, 1.54) is 12.1 Å². The van der Waals surface area contributed by atoms with Crippen molar-refractivity contribution in [1.82, 2.24) is 5.32 Å². The zero-order valence-corrected chi connectivity index (χ0v) is 5.97. The van der Waals surface area contributed by atoms with Gasteiger partial charge in [-0.15, -0.1) is 0 Å². The van der Waals surface area contributed by atoms with Crippen LogP contribution in [0, 0.1) is 5.92 Å². The van der Waals surface area contributed by atoms with Crippen LogP contribution in [0.15, 0.2) is 5.16 Å². The van der Waals surface area contributed by atoms with E-state index in [4.69, 9.17) is 4.84 Å². The van der Waals surface area contributed by atoms with Gasteiger partial charge in [0.15, 0.2) is 0 Å². The molecule has 0 spiro atoms. The van der Waals surface area contributed by atoms with Crippen LogP contribution in [0.5, 0.6) is 0 Å². The van der Waals surface area contributed by atoms with Crippen LogP contribution in [0.3, 0.4) is 0 Å². The highest BCUT2D eigenvalue weighted by molar-refractivity contribution is 5.87. The molecule has 1 saturated heterocycles. The second-order valence-electron chi connectivity index (χ2n) is 2.86. The average molecular weight is 140 g/mol. The van der Waals surface area contributed by atoms with Crippen molar-refractivity contribution in [3.05, 3.63) is 0 Å². The van der Waals surface area contributed by atoms with Crippen LogP contribution in [-0.4, -0.2) is 25.4 Å². The molecule has 0 aromatic carbocycles. The van der Waals surface area contributed by atoms with Crippen LogP contribution in [0.1, 0.15) is 12.8 Å². The van der Waals surface area contributed by atoms with E-state index in [9.17, 15) is 0 Å². The van der Waals surface area contributed by atoms with Gasteiger partial charge >= 0.3 is 0 Å². The first kappa shape index (κ1) is 6.16. The van der Waals surface area contributed by atoms with Gasteiger partial charge in [0, 0.05) is 18.9 Å². The Morgan fingerprint density at radius 2 is 2.60 bits per heavy atom. The highest BCUT2D eigenvalue weighted by atomic mass is 16.6. The van der Waals surface area contributed by atoms with Crippen molar-refractivity contribution < 1.29 is 4.84 Å². The highest BCUT2D eigenvalue weighted by Crippen LogP contribution is 2.15. The molecule has 1 fully saturated rings. The topological polar surface area (TPSA) is 33.6 Å². The zero-order valence-electron chi connectivity index (χ0n) is 5.97. The molecule has 3 heteroatoms. The van der Waals surface area contributed by atoms with Crippen LogP contribution < -0.4 is 5.32 Å². The van der Waals surface area contributed by atoms with Crippen molar-refractivity contribution in [1.29, 1.82) is 0 Å². The quantitative estimate of drug-likeness (QED) is 0.571. The fourth-order valence-electron chi connectivity index (χ4n) is 1.54.